The number of rotatable bonds is 7. The molecule has 0 aliphatic heterocycles. The number of hydrogen-bond acceptors (Lipinski definition) is 6. The largest absolute Gasteiger partial charge is 0.485 e. The Labute approximate surface area is 144 Å². The van der Waals surface area contributed by atoms with Crippen LogP contribution in [0.25, 0.3) is 0 Å². The summed E-state index contributed by atoms with van der Waals surface area (Å²) < 4.78 is 7.22. The van der Waals surface area contributed by atoms with Crippen LogP contribution in [0.15, 0.2) is 23.4 Å². The Bertz CT molecular complexity index is 722. The van der Waals surface area contributed by atoms with Gasteiger partial charge in [-0.15, -0.1) is 10.2 Å². The van der Waals surface area contributed by atoms with E-state index in [0.717, 1.165) is 29.7 Å². The maximum Gasteiger partial charge on any atom is 0.230 e. The molecule has 7 nitrogen and oxygen atoms in total. The van der Waals surface area contributed by atoms with E-state index in [1.165, 1.54) is 16.4 Å². The van der Waals surface area contributed by atoms with Gasteiger partial charge in [0.2, 0.25) is 11.1 Å². The van der Waals surface area contributed by atoms with Crippen molar-refractivity contribution < 1.29 is 9.53 Å². The first-order valence-corrected chi connectivity index (χ1v) is 8.83. The van der Waals surface area contributed by atoms with E-state index in [-0.39, 0.29) is 18.3 Å². The molecule has 0 spiro atoms. The number of hydrogen-bond donors (Lipinski definition) is 2. The summed E-state index contributed by atoms with van der Waals surface area (Å²) >= 11 is 1.27. The Morgan fingerprint density at radius 2 is 2.08 bits per heavy atom. The minimum absolute atomic E-state index is 0.00108. The Morgan fingerprint density at radius 1 is 1.38 bits per heavy atom. The van der Waals surface area contributed by atoms with Crippen LogP contribution in [-0.2, 0) is 11.4 Å². The number of ether oxygens (including phenoxy) is 1. The van der Waals surface area contributed by atoms with Crippen molar-refractivity contribution >= 4 is 17.7 Å². The van der Waals surface area contributed by atoms with Crippen LogP contribution in [0.5, 0.6) is 5.75 Å². The molecule has 1 heterocycles. The van der Waals surface area contributed by atoms with Crippen LogP contribution < -0.4 is 15.9 Å². The van der Waals surface area contributed by atoms with Crippen molar-refractivity contribution in [3.05, 3.63) is 35.2 Å². The van der Waals surface area contributed by atoms with Gasteiger partial charge >= 0.3 is 0 Å². The summed E-state index contributed by atoms with van der Waals surface area (Å²) in [5, 5.41) is 11.5. The Balaban J connectivity index is 1.57. The zero-order chi connectivity index (χ0) is 17.1. The van der Waals surface area contributed by atoms with Gasteiger partial charge in [-0.05, 0) is 37.8 Å². The van der Waals surface area contributed by atoms with Crippen LogP contribution in [-0.4, -0.2) is 32.6 Å². The van der Waals surface area contributed by atoms with Gasteiger partial charge in [-0.2, -0.15) is 0 Å². The van der Waals surface area contributed by atoms with E-state index in [1.54, 1.807) is 0 Å². The third-order valence-corrected chi connectivity index (χ3v) is 4.71. The molecule has 1 amide bonds. The molecular formula is C16H21N5O2S. The highest BCUT2D eigenvalue weighted by Crippen LogP contribution is 2.24. The van der Waals surface area contributed by atoms with Crippen LogP contribution in [0.4, 0.5) is 0 Å². The lowest BCUT2D eigenvalue weighted by Gasteiger charge is -2.11. The SMILES string of the molecule is Cc1cccc(C)c1OCc1nnc(SCC(=O)NC2CC2)n1N. The van der Waals surface area contributed by atoms with E-state index >= 15 is 0 Å². The van der Waals surface area contributed by atoms with Crippen molar-refractivity contribution in [2.24, 2.45) is 0 Å². The van der Waals surface area contributed by atoms with E-state index in [4.69, 9.17) is 10.6 Å². The third kappa shape index (κ3) is 4.00. The smallest absolute Gasteiger partial charge is 0.230 e. The number of benzene rings is 1. The van der Waals surface area contributed by atoms with Gasteiger partial charge in [-0.1, -0.05) is 30.0 Å². The quantitative estimate of drug-likeness (QED) is 0.583. The molecule has 3 rings (SSSR count). The summed E-state index contributed by atoms with van der Waals surface area (Å²) in [5.41, 5.74) is 2.12. The van der Waals surface area contributed by atoms with Crippen molar-refractivity contribution in [1.29, 1.82) is 0 Å². The molecule has 8 heteroatoms. The normalized spacial score (nSPS) is 13.8. The van der Waals surface area contributed by atoms with Crippen molar-refractivity contribution in [3.8, 4) is 5.75 Å². The number of carbonyl (C=O) groups is 1. The van der Waals surface area contributed by atoms with Crippen LogP contribution in [0.2, 0.25) is 0 Å². The molecule has 3 N–H and O–H groups in total. The van der Waals surface area contributed by atoms with Gasteiger partial charge in [-0.3, -0.25) is 4.79 Å². The molecule has 24 heavy (non-hydrogen) atoms. The third-order valence-electron chi connectivity index (χ3n) is 3.76. The zero-order valence-corrected chi connectivity index (χ0v) is 14.6. The maximum absolute atomic E-state index is 11.7. The number of aromatic nitrogens is 3. The second-order valence-electron chi connectivity index (χ2n) is 5.91. The number of nitrogen functional groups attached to an aromatic ring is 1. The number of para-hydroxylation sites is 1. The second-order valence-corrected chi connectivity index (χ2v) is 6.85. The van der Waals surface area contributed by atoms with E-state index in [2.05, 4.69) is 15.5 Å². The predicted octanol–water partition coefficient (Wildman–Crippen LogP) is 1.56. The van der Waals surface area contributed by atoms with Crippen molar-refractivity contribution in [2.45, 2.75) is 44.5 Å². The summed E-state index contributed by atoms with van der Waals surface area (Å²) in [6, 6.07) is 6.34. The number of aryl methyl sites for hydroxylation is 2. The number of nitrogens with two attached hydrogens (primary N) is 1. The van der Waals surface area contributed by atoms with Crippen LogP contribution >= 0.6 is 11.8 Å². The number of amides is 1. The lowest BCUT2D eigenvalue weighted by atomic mass is 10.1. The average molecular weight is 347 g/mol. The summed E-state index contributed by atoms with van der Waals surface area (Å²) in [6.45, 7) is 4.22. The van der Waals surface area contributed by atoms with Gasteiger partial charge in [0, 0.05) is 6.04 Å². The highest BCUT2D eigenvalue weighted by Gasteiger charge is 2.23. The standard InChI is InChI=1S/C16H21N5O2S/c1-10-4-3-5-11(2)15(10)23-8-13-19-20-16(21(13)17)24-9-14(22)18-12-6-7-12/h3-5,12H,6-9,17H2,1-2H3,(H,18,22). The molecular weight excluding hydrogens is 326 g/mol. The van der Waals surface area contributed by atoms with Gasteiger partial charge in [0.05, 0.1) is 5.75 Å². The fourth-order valence-corrected chi connectivity index (χ4v) is 2.98. The monoisotopic (exact) mass is 347 g/mol. The van der Waals surface area contributed by atoms with Gasteiger partial charge in [-0.25, -0.2) is 4.68 Å². The predicted molar refractivity (Wildman–Crippen MR) is 92.3 cm³/mol. The van der Waals surface area contributed by atoms with E-state index in [1.807, 2.05) is 32.0 Å². The summed E-state index contributed by atoms with van der Waals surface area (Å²) in [6.07, 6.45) is 2.15. The lowest BCUT2D eigenvalue weighted by Crippen LogP contribution is -2.27. The molecule has 2 aromatic rings. The average Bonchev–Trinajstić information content (AvgIpc) is 3.28. The van der Waals surface area contributed by atoms with Gasteiger partial charge < -0.3 is 15.9 Å². The summed E-state index contributed by atoms with van der Waals surface area (Å²) in [4.78, 5) is 11.7. The fraction of sp³-hybridized carbons (Fsp3) is 0.438. The fourth-order valence-electron chi connectivity index (χ4n) is 2.29. The molecule has 0 atom stereocenters. The zero-order valence-electron chi connectivity index (χ0n) is 13.8. The van der Waals surface area contributed by atoms with Crippen LogP contribution in [0.3, 0.4) is 0 Å². The molecule has 0 radical (unpaired) electrons. The molecule has 1 aromatic carbocycles. The molecule has 1 aliphatic rings. The highest BCUT2D eigenvalue weighted by molar-refractivity contribution is 7.99. The minimum atomic E-state index is -0.00108. The first-order chi connectivity index (χ1) is 11.5. The summed E-state index contributed by atoms with van der Waals surface area (Å²) in [5.74, 6) is 7.63. The Hall–Kier alpha value is -2.22. The molecule has 0 bridgehead atoms. The Morgan fingerprint density at radius 3 is 2.75 bits per heavy atom. The molecule has 1 aliphatic carbocycles. The maximum atomic E-state index is 11.7. The molecule has 128 valence electrons. The van der Waals surface area contributed by atoms with Crippen LogP contribution in [0, 0.1) is 13.8 Å². The first-order valence-electron chi connectivity index (χ1n) is 7.85. The topological polar surface area (TPSA) is 95.1 Å². The lowest BCUT2D eigenvalue weighted by molar-refractivity contribution is -0.118. The second kappa shape index (κ2) is 7.12. The van der Waals surface area contributed by atoms with Crippen molar-refractivity contribution in [1.82, 2.24) is 20.2 Å². The molecule has 0 saturated heterocycles. The minimum Gasteiger partial charge on any atom is -0.485 e. The molecule has 0 unspecified atom stereocenters. The molecule has 1 aromatic heterocycles. The van der Waals surface area contributed by atoms with Crippen molar-refractivity contribution in [3.63, 3.8) is 0 Å². The van der Waals surface area contributed by atoms with Gasteiger partial charge in [0.25, 0.3) is 0 Å². The number of carbonyl (C=O) groups excluding carboxylic acids is 1. The number of nitrogens with one attached hydrogen (secondary N) is 1. The van der Waals surface area contributed by atoms with Gasteiger partial charge in [0.1, 0.15) is 12.4 Å². The number of nitrogens with zero attached hydrogens (tertiary/aromatic N) is 3. The van der Waals surface area contributed by atoms with E-state index < -0.39 is 0 Å². The number of thioether (sulfide) groups is 1. The molecule has 1 saturated carbocycles. The highest BCUT2D eigenvalue weighted by atomic mass is 32.2. The summed E-state index contributed by atoms with van der Waals surface area (Å²) in [7, 11) is 0. The molecule has 1 fully saturated rings. The first kappa shape index (κ1) is 16.6. The van der Waals surface area contributed by atoms with Crippen LogP contribution in [0.1, 0.15) is 29.8 Å². The van der Waals surface area contributed by atoms with Gasteiger partial charge in [0.15, 0.2) is 5.82 Å². The van der Waals surface area contributed by atoms with E-state index in [0.29, 0.717) is 17.0 Å². The van der Waals surface area contributed by atoms with E-state index in [9.17, 15) is 4.79 Å². The van der Waals surface area contributed by atoms with Crippen molar-refractivity contribution in [2.75, 3.05) is 11.6 Å². The Kier molecular flexibility index (Phi) is 4.94.